The Bertz CT molecular complexity index is 1590. The maximum Gasteiger partial charge on any atom is 0.328 e. The molecule has 0 bridgehead atoms. The van der Waals surface area contributed by atoms with Crippen LogP contribution in [0.2, 0.25) is 0 Å². The topological polar surface area (TPSA) is 80.1 Å². The van der Waals surface area contributed by atoms with Crippen molar-refractivity contribution in [3.8, 4) is 17.2 Å². The first-order valence-corrected chi connectivity index (χ1v) is 14.9. The largest absolute Gasteiger partial charge is 0.497 e. The first-order valence-electron chi connectivity index (χ1n) is 14.9. The standard InChI is InChI=1S/C35H37N5O4/c1-43-31-22-29(23-32(24-31)44-2)25-37-20-15-35(16-21-37)33(41)38(18-6-10-27-8-4-3-5-9-27)34(42)39(35)26-28-11-13-30(14-12-28)40-19-7-17-36-40/h3-14,17,19,22-24H,15-16,18,20-21,25-26H2,1-2H3/b10-6+. The van der Waals surface area contributed by atoms with Gasteiger partial charge in [-0.25, -0.2) is 9.48 Å². The number of carbonyl (C=O) groups is 2. The molecule has 0 radical (unpaired) electrons. The molecular formula is C35H37N5O4. The molecule has 3 aromatic carbocycles. The fourth-order valence-electron chi connectivity index (χ4n) is 6.16. The van der Waals surface area contributed by atoms with Crippen molar-refractivity contribution >= 4 is 18.0 Å². The van der Waals surface area contributed by atoms with Gasteiger partial charge in [0.15, 0.2) is 0 Å². The van der Waals surface area contributed by atoms with E-state index in [1.54, 1.807) is 30.0 Å². The summed E-state index contributed by atoms with van der Waals surface area (Å²) in [6.45, 7) is 2.65. The molecule has 0 unspecified atom stereocenters. The van der Waals surface area contributed by atoms with Crippen LogP contribution < -0.4 is 9.47 Å². The molecule has 0 aliphatic carbocycles. The Balaban J connectivity index is 1.22. The molecule has 4 aromatic rings. The molecule has 3 amide bonds. The van der Waals surface area contributed by atoms with Crippen LogP contribution in [-0.2, 0) is 17.9 Å². The number of piperidine rings is 1. The summed E-state index contributed by atoms with van der Waals surface area (Å²) in [6, 6.07) is 25.4. The lowest BCUT2D eigenvalue weighted by Gasteiger charge is -2.42. The van der Waals surface area contributed by atoms with Gasteiger partial charge < -0.3 is 14.4 Å². The molecule has 9 nitrogen and oxygen atoms in total. The summed E-state index contributed by atoms with van der Waals surface area (Å²) in [4.78, 5) is 33.6. The number of imide groups is 1. The molecule has 1 aromatic heterocycles. The Labute approximate surface area is 257 Å². The Morgan fingerprint density at radius 1 is 0.841 bits per heavy atom. The van der Waals surface area contributed by atoms with Crippen LogP contribution in [0.4, 0.5) is 4.79 Å². The molecular weight excluding hydrogens is 554 g/mol. The van der Waals surface area contributed by atoms with E-state index >= 15 is 0 Å². The van der Waals surface area contributed by atoms with Crippen LogP contribution in [0.5, 0.6) is 11.5 Å². The SMILES string of the molecule is COc1cc(CN2CCC3(CC2)C(=O)N(C/C=C/c2ccccc2)C(=O)N3Cc2ccc(-n3cccn3)cc2)cc(OC)c1. The minimum Gasteiger partial charge on any atom is -0.497 e. The van der Waals surface area contributed by atoms with Crippen molar-refractivity contribution in [2.75, 3.05) is 33.9 Å². The average Bonchev–Trinajstić information content (AvgIpc) is 3.66. The molecule has 0 N–H and O–H groups in total. The zero-order valence-electron chi connectivity index (χ0n) is 25.1. The summed E-state index contributed by atoms with van der Waals surface area (Å²) < 4.78 is 12.7. The second kappa shape index (κ2) is 12.8. The fraction of sp³-hybridized carbons (Fsp3) is 0.286. The van der Waals surface area contributed by atoms with Gasteiger partial charge in [-0.05, 0) is 59.9 Å². The summed E-state index contributed by atoms with van der Waals surface area (Å²) in [6.07, 6.45) is 8.60. The highest BCUT2D eigenvalue weighted by atomic mass is 16.5. The Kier molecular flexibility index (Phi) is 8.47. The minimum atomic E-state index is -0.888. The fourth-order valence-corrected chi connectivity index (χ4v) is 6.16. The summed E-state index contributed by atoms with van der Waals surface area (Å²) in [5.74, 6) is 1.37. The van der Waals surface area contributed by atoms with Gasteiger partial charge in [-0.1, -0.05) is 54.6 Å². The lowest BCUT2D eigenvalue weighted by Crippen LogP contribution is -2.56. The maximum atomic E-state index is 14.1. The number of hydrogen-bond acceptors (Lipinski definition) is 6. The van der Waals surface area contributed by atoms with E-state index in [2.05, 4.69) is 10.00 Å². The summed E-state index contributed by atoms with van der Waals surface area (Å²) in [7, 11) is 3.29. The third-order valence-corrected chi connectivity index (χ3v) is 8.57. The van der Waals surface area contributed by atoms with Crippen molar-refractivity contribution in [3.05, 3.63) is 114 Å². The van der Waals surface area contributed by atoms with Crippen LogP contribution in [0, 0.1) is 0 Å². The smallest absolute Gasteiger partial charge is 0.328 e. The molecule has 2 saturated heterocycles. The van der Waals surface area contributed by atoms with E-state index in [-0.39, 0.29) is 18.5 Å². The maximum absolute atomic E-state index is 14.1. The van der Waals surface area contributed by atoms with Crippen molar-refractivity contribution < 1.29 is 19.1 Å². The van der Waals surface area contributed by atoms with Crippen LogP contribution in [0.3, 0.4) is 0 Å². The van der Waals surface area contributed by atoms with Gasteiger partial charge in [0.25, 0.3) is 5.91 Å². The second-order valence-electron chi connectivity index (χ2n) is 11.2. The van der Waals surface area contributed by atoms with Gasteiger partial charge >= 0.3 is 6.03 Å². The molecule has 2 aliphatic rings. The quantitative estimate of drug-likeness (QED) is 0.230. The average molecular weight is 592 g/mol. The van der Waals surface area contributed by atoms with Crippen molar-refractivity contribution in [2.24, 2.45) is 0 Å². The van der Waals surface area contributed by atoms with E-state index in [0.29, 0.717) is 39.0 Å². The predicted octanol–water partition coefficient (Wildman–Crippen LogP) is 5.40. The third kappa shape index (κ3) is 5.96. The van der Waals surface area contributed by atoms with E-state index < -0.39 is 5.54 Å². The molecule has 226 valence electrons. The predicted molar refractivity (Wildman–Crippen MR) is 168 cm³/mol. The lowest BCUT2D eigenvalue weighted by molar-refractivity contribution is -0.135. The lowest BCUT2D eigenvalue weighted by atomic mass is 9.85. The Hall–Kier alpha value is -4.89. The zero-order valence-corrected chi connectivity index (χ0v) is 25.1. The van der Waals surface area contributed by atoms with Gasteiger partial charge in [0.2, 0.25) is 0 Å². The van der Waals surface area contributed by atoms with Gasteiger partial charge in [-0.15, -0.1) is 0 Å². The van der Waals surface area contributed by atoms with Crippen LogP contribution in [0.1, 0.15) is 29.5 Å². The number of likely N-dealkylation sites (tertiary alicyclic amines) is 1. The normalized spacial score (nSPS) is 16.8. The Morgan fingerprint density at radius 2 is 1.55 bits per heavy atom. The molecule has 2 fully saturated rings. The number of benzene rings is 3. The number of methoxy groups -OCH3 is 2. The van der Waals surface area contributed by atoms with E-state index in [0.717, 1.165) is 33.9 Å². The van der Waals surface area contributed by atoms with E-state index in [1.165, 1.54) is 4.90 Å². The number of nitrogens with zero attached hydrogens (tertiary/aromatic N) is 5. The van der Waals surface area contributed by atoms with Crippen LogP contribution in [0.25, 0.3) is 11.8 Å². The highest BCUT2D eigenvalue weighted by Crippen LogP contribution is 2.39. The summed E-state index contributed by atoms with van der Waals surface area (Å²) in [5.41, 5.74) is 3.12. The minimum absolute atomic E-state index is 0.115. The van der Waals surface area contributed by atoms with E-state index in [4.69, 9.17) is 9.47 Å². The van der Waals surface area contributed by atoms with Crippen LogP contribution in [0.15, 0.2) is 97.3 Å². The highest BCUT2D eigenvalue weighted by Gasteiger charge is 2.57. The first-order chi connectivity index (χ1) is 21.5. The number of amides is 3. The monoisotopic (exact) mass is 591 g/mol. The van der Waals surface area contributed by atoms with Gasteiger partial charge in [-0.2, -0.15) is 5.10 Å². The number of hydrogen-bond donors (Lipinski definition) is 0. The van der Waals surface area contributed by atoms with Crippen LogP contribution in [-0.4, -0.2) is 75.8 Å². The second-order valence-corrected chi connectivity index (χ2v) is 11.2. The number of aromatic nitrogens is 2. The van der Waals surface area contributed by atoms with Gasteiger partial charge in [-0.3, -0.25) is 14.6 Å². The number of rotatable bonds is 10. The summed E-state index contributed by atoms with van der Waals surface area (Å²) in [5, 5.41) is 4.30. The van der Waals surface area contributed by atoms with Crippen LogP contribution >= 0.6 is 0 Å². The van der Waals surface area contributed by atoms with Gasteiger partial charge in [0.05, 0.1) is 19.9 Å². The zero-order chi connectivity index (χ0) is 30.5. The van der Waals surface area contributed by atoms with Crippen molar-refractivity contribution in [3.63, 3.8) is 0 Å². The van der Waals surface area contributed by atoms with Crippen molar-refractivity contribution in [2.45, 2.75) is 31.5 Å². The third-order valence-electron chi connectivity index (χ3n) is 8.57. The number of urea groups is 1. The van der Waals surface area contributed by atoms with Crippen molar-refractivity contribution in [1.29, 1.82) is 0 Å². The highest BCUT2D eigenvalue weighted by molar-refractivity contribution is 6.07. The molecule has 6 rings (SSSR count). The van der Waals surface area contributed by atoms with Crippen molar-refractivity contribution in [1.82, 2.24) is 24.5 Å². The molecule has 9 heteroatoms. The molecule has 3 heterocycles. The Morgan fingerprint density at radius 3 is 2.18 bits per heavy atom. The van der Waals surface area contributed by atoms with E-state index in [9.17, 15) is 9.59 Å². The summed E-state index contributed by atoms with van der Waals surface area (Å²) >= 11 is 0. The van der Waals surface area contributed by atoms with Gasteiger partial charge in [0.1, 0.15) is 17.0 Å². The van der Waals surface area contributed by atoms with Gasteiger partial charge in [0, 0.05) is 51.2 Å². The molecule has 1 spiro atoms. The molecule has 0 saturated carbocycles. The molecule has 2 aliphatic heterocycles. The number of ether oxygens (including phenoxy) is 2. The molecule has 44 heavy (non-hydrogen) atoms. The first kappa shape index (κ1) is 29.2. The molecule has 0 atom stereocenters. The van der Waals surface area contributed by atoms with E-state index in [1.807, 2.05) is 97.2 Å². The number of carbonyl (C=O) groups excluding carboxylic acids is 2.